The van der Waals surface area contributed by atoms with Crippen LogP contribution < -0.4 is 15.2 Å². The second kappa shape index (κ2) is 3.14. The van der Waals surface area contributed by atoms with Crippen molar-refractivity contribution in [2.75, 3.05) is 13.3 Å². The number of fused-ring (bicyclic) bond motifs is 1. The summed E-state index contributed by atoms with van der Waals surface area (Å²) in [5.41, 5.74) is 6.36. The molecule has 0 amide bonds. The Morgan fingerprint density at radius 2 is 2.23 bits per heavy atom. The molecule has 1 aliphatic rings. The Kier molecular flexibility index (Phi) is 1.98. The number of ether oxygens (including phenoxy) is 2. The fourth-order valence-electron chi connectivity index (χ4n) is 1.36. The van der Waals surface area contributed by atoms with Crippen molar-refractivity contribution in [3.8, 4) is 17.2 Å². The van der Waals surface area contributed by atoms with Gasteiger partial charge in [0.15, 0.2) is 11.5 Å². The summed E-state index contributed by atoms with van der Waals surface area (Å²) in [4.78, 5) is 0. The Bertz CT molecular complexity index is 325. The number of aromatic hydroxyl groups is 1. The summed E-state index contributed by atoms with van der Waals surface area (Å²) in [5, 5.41) is 9.49. The smallest absolute Gasteiger partial charge is 0.231 e. The second-order valence-electron chi connectivity index (χ2n) is 2.89. The summed E-state index contributed by atoms with van der Waals surface area (Å²) < 4.78 is 10.2. The molecule has 0 radical (unpaired) electrons. The number of rotatable bonds is 2. The molecule has 0 bridgehead atoms. The molecule has 0 saturated heterocycles. The number of phenols is 1. The zero-order valence-electron chi connectivity index (χ0n) is 7.12. The van der Waals surface area contributed by atoms with Crippen LogP contribution in [0.4, 0.5) is 0 Å². The van der Waals surface area contributed by atoms with Gasteiger partial charge in [-0.15, -0.1) is 0 Å². The van der Waals surface area contributed by atoms with Gasteiger partial charge in [-0.2, -0.15) is 0 Å². The lowest BCUT2D eigenvalue weighted by Gasteiger charge is -2.03. The first kappa shape index (κ1) is 8.19. The van der Waals surface area contributed by atoms with Crippen LogP contribution in [0.2, 0.25) is 0 Å². The number of hydrogen-bond acceptors (Lipinski definition) is 4. The number of hydrogen-bond donors (Lipinski definition) is 2. The molecule has 1 heterocycles. The maximum atomic E-state index is 9.49. The summed E-state index contributed by atoms with van der Waals surface area (Å²) in [6.07, 6.45) is 0.726. The van der Waals surface area contributed by atoms with Crippen LogP contribution in [0.15, 0.2) is 12.1 Å². The van der Waals surface area contributed by atoms with Crippen LogP contribution in [-0.2, 0) is 6.42 Å². The van der Waals surface area contributed by atoms with Gasteiger partial charge in [0, 0.05) is 0 Å². The summed E-state index contributed by atoms with van der Waals surface area (Å²) >= 11 is 0. The molecule has 2 rings (SSSR count). The quantitative estimate of drug-likeness (QED) is 0.702. The molecule has 70 valence electrons. The normalized spacial score (nSPS) is 13.3. The van der Waals surface area contributed by atoms with E-state index in [0.29, 0.717) is 18.0 Å². The molecule has 0 unspecified atom stereocenters. The molecule has 0 saturated carbocycles. The van der Waals surface area contributed by atoms with Crippen LogP contribution in [0.3, 0.4) is 0 Å². The van der Waals surface area contributed by atoms with Gasteiger partial charge in [-0.3, -0.25) is 0 Å². The zero-order valence-corrected chi connectivity index (χ0v) is 7.12. The standard InChI is InChI=1S/C9H11NO3/c10-2-1-6-3-7(11)9-8(4-6)12-5-13-9/h3-4,11H,1-2,5,10H2. The van der Waals surface area contributed by atoms with Crippen LogP contribution in [0, 0.1) is 0 Å². The average Bonchev–Trinajstić information content (AvgIpc) is 2.53. The van der Waals surface area contributed by atoms with E-state index in [-0.39, 0.29) is 12.5 Å². The maximum absolute atomic E-state index is 9.49. The number of benzene rings is 1. The topological polar surface area (TPSA) is 64.7 Å². The summed E-state index contributed by atoms with van der Waals surface area (Å²) in [6.45, 7) is 0.730. The Labute approximate surface area is 75.9 Å². The minimum Gasteiger partial charge on any atom is -0.504 e. The van der Waals surface area contributed by atoms with E-state index in [0.717, 1.165) is 12.0 Å². The van der Waals surface area contributed by atoms with Crippen molar-refractivity contribution in [3.05, 3.63) is 17.7 Å². The van der Waals surface area contributed by atoms with E-state index >= 15 is 0 Å². The van der Waals surface area contributed by atoms with Crippen LogP contribution in [0.5, 0.6) is 17.2 Å². The molecular formula is C9H11NO3. The van der Waals surface area contributed by atoms with Gasteiger partial charge in [0.25, 0.3) is 0 Å². The summed E-state index contributed by atoms with van der Waals surface area (Å²) in [5.74, 6) is 1.16. The molecule has 13 heavy (non-hydrogen) atoms. The minimum absolute atomic E-state index is 0.124. The third-order valence-corrected chi connectivity index (χ3v) is 1.95. The Hall–Kier alpha value is -1.42. The Morgan fingerprint density at radius 3 is 3.00 bits per heavy atom. The SMILES string of the molecule is NCCc1cc(O)c2c(c1)OCO2. The number of phenolic OH excluding ortho intramolecular Hbond substituents is 1. The van der Waals surface area contributed by atoms with Gasteiger partial charge in [0.1, 0.15) is 0 Å². The van der Waals surface area contributed by atoms with Crippen molar-refractivity contribution >= 4 is 0 Å². The van der Waals surface area contributed by atoms with Crippen molar-refractivity contribution in [2.45, 2.75) is 6.42 Å². The van der Waals surface area contributed by atoms with Crippen LogP contribution in [0.25, 0.3) is 0 Å². The monoisotopic (exact) mass is 181 g/mol. The Morgan fingerprint density at radius 1 is 1.38 bits per heavy atom. The van der Waals surface area contributed by atoms with Gasteiger partial charge in [0.2, 0.25) is 12.5 Å². The average molecular weight is 181 g/mol. The van der Waals surface area contributed by atoms with Crippen LogP contribution >= 0.6 is 0 Å². The van der Waals surface area contributed by atoms with Gasteiger partial charge in [0.05, 0.1) is 0 Å². The predicted molar refractivity (Wildman–Crippen MR) is 47.0 cm³/mol. The molecule has 1 aliphatic heterocycles. The molecule has 1 aromatic carbocycles. The van der Waals surface area contributed by atoms with Crippen molar-refractivity contribution in [2.24, 2.45) is 5.73 Å². The highest BCUT2D eigenvalue weighted by atomic mass is 16.7. The van der Waals surface area contributed by atoms with Crippen LogP contribution in [0.1, 0.15) is 5.56 Å². The molecule has 4 nitrogen and oxygen atoms in total. The molecule has 1 aromatic rings. The van der Waals surface area contributed by atoms with Crippen molar-refractivity contribution < 1.29 is 14.6 Å². The third-order valence-electron chi connectivity index (χ3n) is 1.95. The van der Waals surface area contributed by atoms with E-state index in [4.69, 9.17) is 15.2 Å². The van der Waals surface area contributed by atoms with Gasteiger partial charge in [-0.1, -0.05) is 0 Å². The first-order chi connectivity index (χ1) is 6.31. The molecule has 0 aliphatic carbocycles. The highest BCUT2D eigenvalue weighted by molar-refractivity contribution is 5.54. The Balaban J connectivity index is 2.37. The largest absolute Gasteiger partial charge is 0.504 e. The first-order valence-electron chi connectivity index (χ1n) is 4.13. The van der Waals surface area contributed by atoms with E-state index < -0.39 is 0 Å². The molecule has 0 spiro atoms. The predicted octanol–water partition coefficient (Wildman–Crippen LogP) is 0.622. The zero-order chi connectivity index (χ0) is 9.26. The fourth-order valence-corrected chi connectivity index (χ4v) is 1.36. The van der Waals surface area contributed by atoms with E-state index in [2.05, 4.69) is 0 Å². The fraction of sp³-hybridized carbons (Fsp3) is 0.333. The summed E-state index contributed by atoms with van der Waals surface area (Å²) in [6, 6.07) is 3.50. The van der Waals surface area contributed by atoms with Gasteiger partial charge >= 0.3 is 0 Å². The van der Waals surface area contributed by atoms with E-state index in [1.54, 1.807) is 6.07 Å². The summed E-state index contributed by atoms with van der Waals surface area (Å²) in [7, 11) is 0. The molecule has 0 atom stereocenters. The van der Waals surface area contributed by atoms with Gasteiger partial charge in [-0.05, 0) is 30.7 Å². The lowest BCUT2D eigenvalue weighted by atomic mass is 10.1. The highest BCUT2D eigenvalue weighted by Crippen LogP contribution is 2.41. The van der Waals surface area contributed by atoms with Crippen LogP contribution in [-0.4, -0.2) is 18.4 Å². The highest BCUT2D eigenvalue weighted by Gasteiger charge is 2.18. The van der Waals surface area contributed by atoms with E-state index in [9.17, 15) is 5.11 Å². The lowest BCUT2D eigenvalue weighted by Crippen LogP contribution is -2.02. The van der Waals surface area contributed by atoms with Gasteiger partial charge in [-0.25, -0.2) is 0 Å². The van der Waals surface area contributed by atoms with Crippen molar-refractivity contribution in [3.63, 3.8) is 0 Å². The molecule has 0 aromatic heterocycles. The first-order valence-corrected chi connectivity index (χ1v) is 4.13. The minimum atomic E-state index is 0.124. The van der Waals surface area contributed by atoms with E-state index in [1.807, 2.05) is 6.07 Å². The van der Waals surface area contributed by atoms with Gasteiger partial charge < -0.3 is 20.3 Å². The molecular weight excluding hydrogens is 170 g/mol. The number of nitrogens with two attached hydrogens (primary N) is 1. The molecule has 4 heteroatoms. The maximum Gasteiger partial charge on any atom is 0.231 e. The third kappa shape index (κ3) is 1.40. The molecule has 3 N–H and O–H groups in total. The van der Waals surface area contributed by atoms with E-state index in [1.165, 1.54) is 0 Å². The lowest BCUT2D eigenvalue weighted by molar-refractivity contribution is 0.171. The van der Waals surface area contributed by atoms with Crippen molar-refractivity contribution in [1.29, 1.82) is 0 Å². The molecule has 0 fully saturated rings. The second-order valence-corrected chi connectivity index (χ2v) is 2.89. The van der Waals surface area contributed by atoms with Crippen molar-refractivity contribution in [1.82, 2.24) is 0 Å².